The zero-order chi connectivity index (χ0) is 6.41. The van der Waals surface area contributed by atoms with Gasteiger partial charge in [-0.25, -0.2) is 0 Å². The highest BCUT2D eigenvalue weighted by molar-refractivity contribution is 8.02. The summed E-state index contributed by atoms with van der Waals surface area (Å²) >= 11 is 1.66. The summed E-state index contributed by atoms with van der Waals surface area (Å²) in [5, 5.41) is 0. The number of hydrogen-bond donors (Lipinski definition) is 0. The summed E-state index contributed by atoms with van der Waals surface area (Å²) in [6.45, 7) is 7.71. The second kappa shape index (κ2) is 5.23. The summed E-state index contributed by atoms with van der Waals surface area (Å²) < 4.78 is 0. The van der Waals surface area contributed by atoms with E-state index in [1.54, 1.807) is 11.8 Å². The van der Waals surface area contributed by atoms with Crippen LogP contribution < -0.4 is 0 Å². The first-order valence-electron chi connectivity index (χ1n) is 2.96. The number of unbranched alkanes of at least 4 members (excludes halogenated alkanes) is 1. The minimum atomic E-state index is 1.06. The molecular formula is C7H13S. The normalized spacial score (nSPS) is 9.25. The van der Waals surface area contributed by atoms with Crippen molar-refractivity contribution in [3.63, 3.8) is 0 Å². The minimum Gasteiger partial charge on any atom is -0.134 e. The fourth-order valence-corrected chi connectivity index (χ4v) is 0.802. The van der Waals surface area contributed by atoms with Crippen LogP contribution >= 0.6 is 11.8 Å². The highest BCUT2D eigenvalue weighted by Gasteiger charge is 1.87. The molecule has 47 valence electrons. The molecule has 0 fully saturated rings. The maximum atomic E-state index is 5.54. The van der Waals surface area contributed by atoms with Gasteiger partial charge in [0.15, 0.2) is 0 Å². The quantitative estimate of drug-likeness (QED) is 0.562. The van der Waals surface area contributed by atoms with Crippen LogP contribution in [-0.4, -0.2) is 6.26 Å². The van der Waals surface area contributed by atoms with Crippen molar-refractivity contribution in [3.05, 3.63) is 11.5 Å². The van der Waals surface area contributed by atoms with Crippen LogP contribution in [-0.2, 0) is 0 Å². The average molecular weight is 129 g/mol. The predicted molar refractivity (Wildman–Crippen MR) is 40.9 cm³/mol. The fourth-order valence-electron chi connectivity index (χ4n) is 0.453. The van der Waals surface area contributed by atoms with E-state index in [-0.39, 0.29) is 0 Å². The summed E-state index contributed by atoms with van der Waals surface area (Å²) in [4.78, 5) is 1.06. The monoisotopic (exact) mass is 129 g/mol. The lowest BCUT2D eigenvalue weighted by Gasteiger charge is -1.96. The maximum Gasteiger partial charge on any atom is -0.0140 e. The van der Waals surface area contributed by atoms with E-state index in [0.29, 0.717) is 0 Å². The average Bonchev–Trinajstić information content (AvgIpc) is 1.83. The van der Waals surface area contributed by atoms with E-state index in [2.05, 4.69) is 6.92 Å². The number of thioether (sulfide) groups is 1. The largest absolute Gasteiger partial charge is 0.134 e. The van der Waals surface area contributed by atoms with Crippen LogP contribution in [0.5, 0.6) is 0 Å². The number of hydrogen-bond acceptors (Lipinski definition) is 1. The first kappa shape index (κ1) is 8.09. The van der Waals surface area contributed by atoms with Gasteiger partial charge in [-0.1, -0.05) is 19.9 Å². The molecule has 0 atom stereocenters. The second-order valence-electron chi connectivity index (χ2n) is 1.77. The van der Waals surface area contributed by atoms with E-state index < -0.39 is 0 Å². The molecule has 1 heteroatoms. The summed E-state index contributed by atoms with van der Waals surface area (Å²) in [7, 11) is 0. The van der Waals surface area contributed by atoms with Crippen LogP contribution in [0, 0.1) is 6.58 Å². The topological polar surface area (TPSA) is 0 Å². The van der Waals surface area contributed by atoms with Crippen molar-refractivity contribution in [1.29, 1.82) is 0 Å². The molecule has 0 heterocycles. The fraction of sp³-hybridized carbons (Fsp3) is 0.714. The molecule has 0 saturated heterocycles. The zero-order valence-electron chi connectivity index (χ0n) is 5.61. The summed E-state index contributed by atoms with van der Waals surface area (Å²) in [5.74, 6) is 0. The predicted octanol–water partition coefficient (Wildman–Crippen LogP) is 2.86. The molecule has 0 N–H and O–H groups in total. The molecule has 0 aliphatic rings. The van der Waals surface area contributed by atoms with E-state index in [0.717, 1.165) is 11.3 Å². The minimum absolute atomic E-state index is 1.06. The van der Waals surface area contributed by atoms with Crippen molar-refractivity contribution in [3.8, 4) is 0 Å². The molecule has 0 aliphatic heterocycles. The molecule has 1 radical (unpaired) electrons. The van der Waals surface area contributed by atoms with Gasteiger partial charge in [0.25, 0.3) is 0 Å². The van der Waals surface area contributed by atoms with Gasteiger partial charge in [0.1, 0.15) is 0 Å². The van der Waals surface area contributed by atoms with Crippen molar-refractivity contribution in [1.82, 2.24) is 0 Å². The van der Waals surface area contributed by atoms with Crippen molar-refractivity contribution in [2.24, 2.45) is 0 Å². The first-order valence-corrected chi connectivity index (χ1v) is 4.19. The van der Waals surface area contributed by atoms with Crippen LogP contribution in [0.3, 0.4) is 0 Å². The Morgan fingerprint density at radius 3 is 2.62 bits per heavy atom. The van der Waals surface area contributed by atoms with Crippen molar-refractivity contribution >= 4 is 11.8 Å². The van der Waals surface area contributed by atoms with E-state index >= 15 is 0 Å². The molecule has 0 rings (SSSR count). The van der Waals surface area contributed by atoms with Gasteiger partial charge in [-0.15, -0.1) is 11.8 Å². The second-order valence-corrected chi connectivity index (χ2v) is 2.71. The summed E-state index contributed by atoms with van der Waals surface area (Å²) in [6, 6.07) is 0. The molecule has 0 aromatic carbocycles. The molecule has 0 aliphatic carbocycles. The molecule has 0 saturated carbocycles. The van der Waals surface area contributed by atoms with Gasteiger partial charge in [0.2, 0.25) is 0 Å². The van der Waals surface area contributed by atoms with Crippen LogP contribution in [0.1, 0.15) is 26.2 Å². The molecule has 0 aromatic heterocycles. The van der Waals surface area contributed by atoms with Gasteiger partial charge < -0.3 is 0 Å². The number of rotatable bonds is 4. The lowest BCUT2D eigenvalue weighted by Crippen LogP contribution is -1.73. The van der Waals surface area contributed by atoms with Crippen LogP contribution in [0.2, 0.25) is 0 Å². The molecule has 0 amide bonds. The Labute approximate surface area is 56.4 Å². The third-order valence-corrected chi connectivity index (χ3v) is 1.77. The Morgan fingerprint density at radius 1 is 1.62 bits per heavy atom. The molecule has 0 spiro atoms. The van der Waals surface area contributed by atoms with E-state index in [4.69, 9.17) is 6.58 Å². The standard InChI is InChI=1S/C7H13S/c1-4-5-6-7(2)8-3/h2H,4-6H2,1,3H3. The summed E-state index contributed by atoms with van der Waals surface area (Å²) in [5.41, 5.74) is 0. The third-order valence-electron chi connectivity index (χ3n) is 1.04. The van der Waals surface area contributed by atoms with E-state index in [9.17, 15) is 0 Å². The molecule has 0 bridgehead atoms. The van der Waals surface area contributed by atoms with Crippen LogP contribution in [0.25, 0.3) is 0 Å². The van der Waals surface area contributed by atoms with Crippen LogP contribution in [0.15, 0.2) is 4.91 Å². The van der Waals surface area contributed by atoms with Gasteiger partial charge in [0, 0.05) is 0 Å². The molecule has 0 unspecified atom stereocenters. The van der Waals surface area contributed by atoms with E-state index in [1.165, 1.54) is 12.8 Å². The van der Waals surface area contributed by atoms with Gasteiger partial charge >= 0.3 is 0 Å². The van der Waals surface area contributed by atoms with Crippen LogP contribution in [0.4, 0.5) is 0 Å². The van der Waals surface area contributed by atoms with Crippen molar-refractivity contribution in [2.45, 2.75) is 26.2 Å². The van der Waals surface area contributed by atoms with Gasteiger partial charge in [-0.2, -0.15) is 0 Å². The Morgan fingerprint density at radius 2 is 2.25 bits per heavy atom. The Bertz CT molecular complexity index is 66.8. The van der Waals surface area contributed by atoms with Gasteiger partial charge in [-0.3, -0.25) is 0 Å². The molecule has 0 nitrogen and oxygen atoms in total. The van der Waals surface area contributed by atoms with Gasteiger partial charge in [-0.05, 0) is 24.0 Å². The summed E-state index contributed by atoms with van der Waals surface area (Å²) in [6.07, 6.45) is 5.57. The smallest absolute Gasteiger partial charge is 0.0140 e. The van der Waals surface area contributed by atoms with Crippen molar-refractivity contribution in [2.75, 3.05) is 6.26 Å². The molecule has 8 heavy (non-hydrogen) atoms. The lowest BCUT2D eigenvalue weighted by molar-refractivity contribution is 0.809. The SMILES string of the molecule is [CH]=C(CCCC)SC. The van der Waals surface area contributed by atoms with Gasteiger partial charge in [0.05, 0.1) is 0 Å². The van der Waals surface area contributed by atoms with E-state index in [1.807, 2.05) is 6.26 Å². The lowest BCUT2D eigenvalue weighted by atomic mass is 10.2. The molecule has 0 aromatic rings. The first-order chi connectivity index (χ1) is 3.81. The highest BCUT2D eigenvalue weighted by Crippen LogP contribution is 2.14. The Kier molecular flexibility index (Phi) is 5.29. The molecular weight excluding hydrogens is 116 g/mol. The third kappa shape index (κ3) is 4.25. The Balaban J connectivity index is 2.99. The number of allylic oxidation sites excluding steroid dienone is 1. The Hall–Kier alpha value is 0.0900. The zero-order valence-corrected chi connectivity index (χ0v) is 6.42. The highest BCUT2D eigenvalue weighted by atomic mass is 32.2. The van der Waals surface area contributed by atoms with Crippen molar-refractivity contribution < 1.29 is 0 Å². The maximum absolute atomic E-state index is 5.54.